The predicted octanol–water partition coefficient (Wildman–Crippen LogP) is 0.187. The molecule has 9 heavy (non-hydrogen) atoms. The van der Waals surface area contributed by atoms with Gasteiger partial charge in [0.25, 0.3) is 0 Å². The maximum atomic E-state index is 10.3. The van der Waals surface area contributed by atoms with Crippen LogP contribution in [0.3, 0.4) is 0 Å². The molecule has 0 aliphatic heterocycles. The minimum Gasteiger partial charge on any atom is -0.480 e. The first-order valence-electron chi connectivity index (χ1n) is 2.61. The fraction of sp³-hybridized carbons (Fsp3) is 0.500. The lowest BCUT2D eigenvalue weighted by atomic mass is 10.3. The van der Waals surface area contributed by atoms with Gasteiger partial charge in [0.2, 0.25) is 0 Å². The number of carbonyl (C=O) groups is 1. The molecule has 0 rings (SSSR count). The predicted molar refractivity (Wildman–Crippen MR) is 35.3 cm³/mol. The molecular weight excluding hydrogens is 118 g/mol. The summed E-state index contributed by atoms with van der Waals surface area (Å²) in [6.45, 7) is 3.38. The molecule has 0 aliphatic rings. The maximum Gasteiger partial charge on any atom is 0.324 e. The van der Waals surface area contributed by atoms with Crippen molar-refractivity contribution in [3.8, 4) is 0 Å². The van der Waals surface area contributed by atoms with Crippen LogP contribution in [0.15, 0.2) is 12.7 Å². The molecule has 52 valence electrons. The van der Waals surface area contributed by atoms with Gasteiger partial charge in [-0.25, -0.2) is 0 Å². The normalized spacial score (nSPS) is 13.2. The van der Waals surface area contributed by atoms with Crippen molar-refractivity contribution in [2.75, 3.05) is 14.1 Å². The molecule has 0 aromatic rings. The highest BCUT2D eigenvalue weighted by Crippen LogP contribution is 1.92. The number of hydrogen-bond acceptors (Lipinski definition) is 2. The Kier molecular flexibility index (Phi) is 2.95. The zero-order valence-electron chi connectivity index (χ0n) is 5.66. The van der Waals surface area contributed by atoms with E-state index in [1.807, 2.05) is 0 Å². The largest absolute Gasteiger partial charge is 0.480 e. The highest BCUT2D eigenvalue weighted by Gasteiger charge is 2.13. The summed E-state index contributed by atoms with van der Waals surface area (Å²) in [5.41, 5.74) is 0. The van der Waals surface area contributed by atoms with Crippen molar-refractivity contribution >= 4 is 5.97 Å². The molecule has 0 amide bonds. The molecular formula is C6H11NO2. The zero-order chi connectivity index (χ0) is 7.44. The van der Waals surface area contributed by atoms with Gasteiger partial charge in [0.1, 0.15) is 6.04 Å². The minimum atomic E-state index is -0.866. The molecule has 0 aromatic carbocycles. The SMILES string of the molecule is C=C[C@@H](C(=O)O)N(C)C. The first-order valence-corrected chi connectivity index (χ1v) is 2.61. The third kappa shape index (κ3) is 2.28. The van der Waals surface area contributed by atoms with E-state index in [-0.39, 0.29) is 0 Å². The van der Waals surface area contributed by atoms with Gasteiger partial charge in [-0.05, 0) is 14.1 Å². The van der Waals surface area contributed by atoms with Crippen molar-refractivity contribution < 1.29 is 9.90 Å². The highest BCUT2D eigenvalue weighted by atomic mass is 16.4. The van der Waals surface area contributed by atoms with E-state index in [9.17, 15) is 4.79 Å². The van der Waals surface area contributed by atoms with Crippen molar-refractivity contribution in [3.05, 3.63) is 12.7 Å². The molecule has 0 aliphatic carbocycles. The van der Waals surface area contributed by atoms with Crippen LogP contribution in [-0.2, 0) is 4.79 Å². The van der Waals surface area contributed by atoms with E-state index in [0.717, 1.165) is 0 Å². The molecule has 0 spiro atoms. The van der Waals surface area contributed by atoms with Gasteiger partial charge in [-0.3, -0.25) is 9.69 Å². The van der Waals surface area contributed by atoms with Crippen LogP contribution in [0.4, 0.5) is 0 Å². The molecule has 1 N–H and O–H groups in total. The Hall–Kier alpha value is -0.830. The second-order valence-electron chi connectivity index (χ2n) is 1.98. The van der Waals surface area contributed by atoms with Crippen LogP contribution in [0, 0.1) is 0 Å². The molecule has 1 atom stereocenters. The smallest absolute Gasteiger partial charge is 0.324 e. The first kappa shape index (κ1) is 8.17. The number of nitrogens with zero attached hydrogens (tertiary/aromatic N) is 1. The van der Waals surface area contributed by atoms with Crippen LogP contribution in [0.25, 0.3) is 0 Å². The van der Waals surface area contributed by atoms with Crippen molar-refractivity contribution in [2.45, 2.75) is 6.04 Å². The molecule has 0 aromatic heterocycles. The average Bonchev–Trinajstić information content (AvgIpc) is 1.64. The van der Waals surface area contributed by atoms with Crippen molar-refractivity contribution in [1.29, 1.82) is 0 Å². The molecule has 0 fully saturated rings. The van der Waals surface area contributed by atoms with Crippen LogP contribution in [0.2, 0.25) is 0 Å². The lowest BCUT2D eigenvalue weighted by Gasteiger charge is -2.14. The van der Waals surface area contributed by atoms with E-state index in [1.165, 1.54) is 6.08 Å². The number of aliphatic carboxylic acids is 1. The van der Waals surface area contributed by atoms with E-state index < -0.39 is 12.0 Å². The topological polar surface area (TPSA) is 40.5 Å². The van der Waals surface area contributed by atoms with Crippen molar-refractivity contribution in [2.24, 2.45) is 0 Å². The summed E-state index contributed by atoms with van der Waals surface area (Å²) in [4.78, 5) is 11.8. The summed E-state index contributed by atoms with van der Waals surface area (Å²) in [6.07, 6.45) is 1.39. The lowest BCUT2D eigenvalue weighted by molar-refractivity contribution is -0.140. The van der Waals surface area contributed by atoms with Crippen molar-refractivity contribution in [3.63, 3.8) is 0 Å². The van der Waals surface area contributed by atoms with Gasteiger partial charge >= 0.3 is 5.97 Å². The Morgan fingerprint density at radius 2 is 2.22 bits per heavy atom. The second-order valence-corrected chi connectivity index (χ2v) is 1.98. The molecule has 3 heteroatoms. The van der Waals surface area contributed by atoms with E-state index in [1.54, 1.807) is 19.0 Å². The van der Waals surface area contributed by atoms with Gasteiger partial charge in [-0.1, -0.05) is 6.08 Å². The Bertz CT molecular complexity index is 120. The molecule has 3 nitrogen and oxygen atoms in total. The van der Waals surface area contributed by atoms with E-state index >= 15 is 0 Å². The number of carboxylic acids is 1. The third-order valence-corrected chi connectivity index (χ3v) is 1.03. The minimum absolute atomic E-state index is 0.565. The molecule has 0 heterocycles. The number of likely N-dealkylation sites (N-methyl/N-ethyl adjacent to an activating group) is 1. The summed E-state index contributed by atoms with van der Waals surface area (Å²) in [6, 6.07) is -0.565. The second kappa shape index (κ2) is 3.25. The maximum absolute atomic E-state index is 10.3. The quantitative estimate of drug-likeness (QED) is 0.553. The van der Waals surface area contributed by atoms with Gasteiger partial charge in [0, 0.05) is 0 Å². The van der Waals surface area contributed by atoms with Crippen molar-refractivity contribution in [1.82, 2.24) is 4.90 Å². The monoisotopic (exact) mass is 129 g/mol. The summed E-state index contributed by atoms with van der Waals surface area (Å²) in [7, 11) is 3.39. The van der Waals surface area contributed by atoms with Crippen LogP contribution < -0.4 is 0 Å². The molecule has 0 saturated heterocycles. The van der Waals surface area contributed by atoms with Gasteiger partial charge in [0.05, 0.1) is 0 Å². The summed E-state index contributed by atoms with van der Waals surface area (Å²) in [5, 5.41) is 8.43. The molecule has 0 unspecified atom stereocenters. The Labute approximate surface area is 54.6 Å². The van der Waals surface area contributed by atoms with E-state index in [4.69, 9.17) is 5.11 Å². The van der Waals surface area contributed by atoms with E-state index in [2.05, 4.69) is 6.58 Å². The number of rotatable bonds is 3. The Morgan fingerprint density at radius 3 is 2.22 bits per heavy atom. The van der Waals surface area contributed by atoms with Gasteiger partial charge in [0.15, 0.2) is 0 Å². The number of carboxylic acid groups (broad SMARTS) is 1. The molecule has 0 saturated carbocycles. The molecule has 0 radical (unpaired) electrons. The summed E-state index contributed by atoms with van der Waals surface area (Å²) in [5.74, 6) is -0.866. The third-order valence-electron chi connectivity index (χ3n) is 1.03. The van der Waals surface area contributed by atoms with Crippen LogP contribution >= 0.6 is 0 Å². The van der Waals surface area contributed by atoms with Gasteiger partial charge < -0.3 is 5.11 Å². The summed E-state index contributed by atoms with van der Waals surface area (Å²) < 4.78 is 0. The average molecular weight is 129 g/mol. The van der Waals surface area contributed by atoms with Crippen LogP contribution in [0.1, 0.15) is 0 Å². The Balaban J connectivity index is 3.98. The Morgan fingerprint density at radius 1 is 1.78 bits per heavy atom. The fourth-order valence-corrected chi connectivity index (χ4v) is 0.533. The zero-order valence-corrected chi connectivity index (χ0v) is 5.66. The van der Waals surface area contributed by atoms with Crippen LogP contribution in [0.5, 0.6) is 0 Å². The van der Waals surface area contributed by atoms with Gasteiger partial charge in [-0.2, -0.15) is 0 Å². The molecule has 0 bridgehead atoms. The highest BCUT2D eigenvalue weighted by molar-refractivity contribution is 5.75. The van der Waals surface area contributed by atoms with Crippen LogP contribution in [-0.4, -0.2) is 36.1 Å². The lowest BCUT2D eigenvalue weighted by Crippen LogP contribution is -2.33. The summed E-state index contributed by atoms with van der Waals surface area (Å²) >= 11 is 0. The van der Waals surface area contributed by atoms with Gasteiger partial charge in [-0.15, -0.1) is 6.58 Å². The first-order chi connectivity index (χ1) is 4.09. The van der Waals surface area contributed by atoms with E-state index in [0.29, 0.717) is 0 Å². The number of hydrogen-bond donors (Lipinski definition) is 1. The standard InChI is InChI=1S/C6H11NO2/c1-4-5(6(8)9)7(2)3/h4-5H,1H2,2-3H3,(H,8,9)/t5-/m0/s1. The fourth-order valence-electron chi connectivity index (χ4n) is 0.533.